The van der Waals surface area contributed by atoms with Crippen LogP contribution in [0.5, 0.6) is 0 Å². The van der Waals surface area contributed by atoms with Crippen LogP contribution in [0.2, 0.25) is 5.02 Å². The first kappa shape index (κ1) is 17.2. The third-order valence-corrected chi connectivity index (χ3v) is 3.30. The molecule has 1 heterocycles. The zero-order valence-corrected chi connectivity index (χ0v) is 12.7. The Hall–Kier alpha value is -1.85. The van der Waals surface area contributed by atoms with E-state index >= 15 is 0 Å². The minimum Gasteiger partial charge on any atom is -0.365 e. The average molecular weight is 330 g/mol. The highest BCUT2D eigenvalue weighted by molar-refractivity contribution is 6.30. The average Bonchev–Trinajstić information content (AvgIpc) is 2.40. The molecule has 1 aromatic carbocycles. The molecule has 2 rings (SSSR count). The van der Waals surface area contributed by atoms with E-state index in [1.165, 1.54) is 22.9 Å². The molecule has 0 spiro atoms. The van der Waals surface area contributed by atoms with Crippen molar-refractivity contribution in [2.24, 2.45) is 5.73 Å². The molecule has 112 valence electrons. The van der Waals surface area contributed by atoms with E-state index in [4.69, 9.17) is 22.7 Å². The van der Waals surface area contributed by atoms with Gasteiger partial charge >= 0.3 is 0 Å². The smallest absolute Gasteiger partial charge is 0.252 e. The van der Waals surface area contributed by atoms with Crippen molar-refractivity contribution in [2.75, 3.05) is 0 Å². The van der Waals surface area contributed by atoms with E-state index in [1.54, 1.807) is 25.1 Å². The van der Waals surface area contributed by atoms with Crippen LogP contribution in [0.4, 0.5) is 4.39 Å². The molecule has 2 aromatic rings. The van der Waals surface area contributed by atoms with Gasteiger partial charge in [0, 0.05) is 11.8 Å². The van der Waals surface area contributed by atoms with E-state index in [9.17, 15) is 9.18 Å². The summed E-state index contributed by atoms with van der Waals surface area (Å²) in [5.74, 6) is -1.13. The van der Waals surface area contributed by atoms with Crippen molar-refractivity contribution in [1.29, 1.82) is 5.41 Å². The number of benzene rings is 1. The van der Waals surface area contributed by atoms with Crippen molar-refractivity contribution in [3.8, 4) is 0 Å². The minimum atomic E-state index is -0.744. The molecule has 0 unspecified atom stereocenters. The van der Waals surface area contributed by atoms with Crippen LogP contribution in [-0.4, -0.2) is 10.5 Å². The van der Waals surface area contributed by atoms with Gasteiger partial charge in [0.15, 0.2) is 0 Å². The lowest BCUT2D eigenvalue weighted by Crippen LogP contribution is -2.31. The predicted molar refractivity (Wildman–Crippen MR) is 81.3 cm³/mol. The van der Waals surface area contributed by atoms with Crippen LogP contribution < -0.4 is 11.2 Å². The molecule has 0 aliphatic rings. The maximum Gasteiger partial charge on any atom is 0.252 e. The summed E-state index contributed by atoms with van der Waals surface area (Å²) in [6.07, 6.45) is 1.48. The van der Waals surface area contributed by atoms with Gasteiger partial charge in [-0.15, -0.1) is 12.4 Å². The Balaban J connectivity index is 0.00000220. The maximum atomic E-state index is 13.8. The second-order valence-electron chi connectivity index (χ2n) is 4.39. The SMILES string of the molecule is C[C@H](c1ccccc1F)n1cc(Cl)cc(C(N)=O)c1=N.Cl. The summed E-state index contributed by atoms with van der Waals surface area (Å²) < 4.78 is 15.2. The van der Waals surface area contributed by atoms with Gasteiger partial charge in [0.25, 0.3) is 5.91 Å². The van der Waals surface area contributed by atoms with Crippen molar-refractivity contribution in [2.45, 2.75) is 13.0 Å². The second kappa shape index (κ2) is 6.74. The number of aromatic nitrogens is 1. The first-order valence-electron chi connectivity index (χ1n) is 5.92. The Morgan fingerprint density at radius 1 is 1.43 bits per heavy atom. The normalized spacial score (nSPS) is 11.6. The lowest BCUT2D eigenvalue weighted by atomic mass is 10.1. The quantitative estimate of drug-likeness (QED) is 0.892. The summed E-state index contributed by atoms with van der Waals surface area (Å²) in [5, 5.41) is 8.27. The summed E-state index contributed by atoms with van der Waals surface area (Å²) >= 11 is 5.93. The number of amides is 1. The summed E-state index contributed by atoms with van der Waals surface area (Å²) in [5.41, 5.74) is 5.52. The highest BCUT2D eigenvalue weighted by Gasteiger charge is 2.16. The van der Waals surface area contributed by atoms with Crippen molar-refractivity contribution < 1.29 is 9.18 Å². The number of primary amides is 1. The fraction of sp³-hybridized carbons (Fsp3) is 0.143. The Bertz CT molecular complexity index is 730. The van der Waals surface area contributed by atoms with Gasteiger partial charge in [0.05, 0.1) is 16.6 Å². The second-order valence-corrected chi connectivity index (χ2v) is 4.83. The first-order chi connectivity index (χ1) is 9.41. The standard InChI is InChI=1S/C14H13ClFN3O.ClH/c1-8(10-4-2-3-5-12(10)16)19-7-9(15)6-11(13(19)17)14(18)20;/h2-8,17H,1H3,(H2,18,20);1H/t8-;/m1./s1. The van der Waals surface area contributed by atoms with Crippen LogP contribution in [0.25, 0.3) is 0 Å². The van der Waals surface area contributed by atoms with Crippen LogP contribution in [-0.2, 0) is 0 Å². The number of pyridine rings is 1. The molecule has 0 fully saturated rings. The van der Waals surface area contributed by atoms with Crippen LogP contribution in [0.3, 0.4) is 0 Å². The van der Waals surface area contributed by atoms with E-state index in [0.717, 1.165) is 0 Å². The van der Waals surface area contributed by atoms with E-state index in [1.807, 2.05) is 0 Å². The van der Waals surface area contributed by atoms with E-state index in [0.29, 0.717) is 5.56 Å². The summed E-state index contributed by atoms with van der Waals surface area (Å²) in [4.78, 5) is 11.3. The highest BCUT2D eigenvalue weighted by Crippen LogP contribution is 2.21. The molecule has 1 atom stereocenters. The molecule has 0 aliphatic carbocycles. The number of carbonyl (C=O) groups excluding carboxylic acids is 1. The number of rotatable bonds is 3. The molecule has 0 aliphatic heterocycles. The number of carbonyl (C=O) groups is 1. The predicted octanol–water partition coefficient (Wildman–Crippen LogP) is 2.89. The summed E-state index contributed by atoms with van der Waals surface area (Å²) in [6, 6.07) is 7.10. The van der Waals surface area contributed by atoms with Gasteiger partial charge in [0.2, 0.25) is 0 Å². The third kappa shape index (κ3) is 3.43. The Labute approximate surface area is 132 Å². The maximum absolute atomic E-state index is 13.8. The molecular formula is C14H14Cl2FN3O. The number of nitrogens with two attached hydrogens (primary N) is 1. The molecule has 0 bridgehead atoms. The first-order valence-corrected chi connectivity index (χ1v) is 6.30. The highest BCUT2D eigenvalue weighted by atomic mass is 35.5. The number of halogens is 3. The molecule has 0 radical (unpaired) electrons. The zero-order chi connectivity index (χ0) is 14.9. The molecule has 3 N–H and O–H groups in total. The van der Waals surface area contributed by atoms with Gasteiger partial charge in [-0.2, -0.15) is 0 Å². The number of hydrogen-bond acceptors (Lipinski definition) is 2. The fourth-order valence-electron chi connectivity index (χ4n) is 2.04. The van der Waals surface area contributed by atoms with Crippen LogP contribution in [0, 0.1) is 11.2 Å². The summed E-state index contributed by atoms with van der Waals surface area (Å²) in [7, 11) is 0. The molecule has 1 amide bonds. The van der Waals surface area contributed by atoms with Crippen LogP contribution in [0.15, 0.2) is 36.5 Å². The van der Waals surface area contributed by atoms with Crippen LogP contribution >= 0.6 is 24.0 Å². The van der Waals surface area contributed by atoms with Crippen molar-refractivity contribution in [1.82, 2.24) is 4.57 Å². The van der Waals surface area contributed by atoms with Gasteiger partial charge in [-0.25, -0.2) is 4.39 Å². The third-order valence-electron chi connectivity index (χ3n) is 3.10. The van der Waals surface area contributed by atoms with Gasteiger partial charge in [0.1, 0.15) is 11.3 Å². The Morgan fingerprint density at radius 2 is 2.05 bits per heavy atom. The zero-order valence-electron chi connectivity index (χ0n) is 11.1. The van der Waals surface area contributed by atoms with E-state index < -0.39 is 11.9 Å². The molecular weight excluding hydrogens is 316 g/mol. The number of nitrogens with one attached hydrogen (secondary N) is 1. The Kier molecular flexibility index (Phi) is 5.52. The monoisotopic (exact) mass is 329 g/mol. The van der Waals surface area contributed by atoms with E-state index in [-0.39, 0.29) is 34.3 Å². The van der Waals surface area contributed by atoms with Crippen molar-refractivity contribution >= 4 is 29.9 Å². The molecule has 7 heteroatoms. The van der Waals surface area contributed by atoms with Gasteiger partial charge in [-0.05, 0) is 19.1 Å². The van der Waals surface area contributed by atoms with E-state index in [2.05, 4.69) is 0 Å². The van der Waals surface area contributed by atoms with Gasteiger partial charge in [-0.3, -0.25) is 10.2 Å². The molecule has 0 saturated carbocycles. The lowest BCUT2D eigenvalue weighted by Gasteiger charge is -2.18. The number of hydrogen-bond donors (Lipinski definition) is 2. The lowest BCUT2D eigenvalue weighted by molar-refractivity contribution is 0.0997. The fourth-order valence-corrected chi connectivity index (χ4v) is 2.25. The van der Waals surface area contributed by atoms with Crippen molar-refractivity contribution in [3.05, 3.63) is 64.0 Å². The number of nitrogens with zero attached hydrogens (tertiary/aromatic N) is 1. The Morgan fingerprint density at radius 3 is 2.62 bits per heavy atom. The van der Waals surface area contributed by atoms with Gasteiger partial charge < -0.3 is 10.3 Å². The van der Waals surface area contributed by atoms with Gasteiger partial charge in [-0.1, -0.05) is 29.8 Å². The minimum absolute atomic E-state index is 0. The molecule has 21 heavy (non-hydrogen) atoms. The van der Waals surface area contributed by atoms with Crippen LogP contribution in [0.1, 0.15) is 28.9 Å². The summed E-state index contributed by atoms with van der Waals surface area (Å²) in [6.45, 7) is 1.72. The largest absolute Gasteiger partial charge is 0.365 e. The molecule has 0 saturated heterocycles. The topological polar surface area (TPSA) is 71.9 Å². The molecule has 1 aromatic heterocycles. The molecule has 4 nitrogen and oxygen atoms in total. The van der Waals surface area contributed by atoms with Crippen molar-refractivity contribution in [3.63, 3.8) is 0 Å².